The molecule has 1 saturated carbocycles. The molecule has 0 spiro atoms. The van der Waals surface area contributed by atoms with Gasteiger partial charge in [0.05, 0.1) is 22.9 Å². The molecule has 3 aromatic heterocycles. The number of fused-ring (bicyclic) bond motifs is 2. The molecule has 45 heavy (non-hydrogen) atoms. The second kappa shape index (κ2) is 11.1. The Labute approximate surface area is 255 Å². The number of benzene rings is 2. The van der Waals surface area contributed by atoms with E-state index in [4.69, 9.17) is 9.40 Å². The monoisotopic (exact) mass is 607 g/mol. The molecule has 0 bridgehead atoms. The van der Waals surface area contributed by atoms with E-state index >= 15 is 0 Å². The van der Waals surface area contributed by atoms with Crippen LogP contribution in [0.3, 0.4) is 0 Å². The van der Waals surface area contributed by atoms with Crippen molar-refractivity contribution in [1.82, 2.24) is 19.9 Å². The van der Waals surface area contributed by atoms with E-state index in [0.29, 0.717) is 33.2 Å². The van der Waals surface area contributed by atoms with Gasteiger partial charge in [-0.15, -0.1) is 0 Å². The Hall–Kier alpha value is -5.65. The number of furan rings is 1. The van der Waals surface area contributed by atoms with Crippen molar-refractivity contribution in [2.75, 3.05) is 5.32 Å². The fourth-order valence-electron chi connectivity index (χ4n) is 6.27. The number of carbonyl (C=O) groups is 2. The molecule has 228 valence electrons. The van der Waals surface area contributed by atoms with Gasteiger partial charge in [-0.2, -0.15) is 0 Å². The highest BCUT2D eigenvalue weighted by Crippen LogP contribution is 2.36. The number of aromatic amines is 1. The van der Waals surface area contributed by atoms with Gasteiger partial charge < -0.3 is 34.8 Å². The Morgan fingerprint density at radius 1 is 1.07 bits per heavy atom. The second-order valence-electron chi connectivity index (χ2n) is 11.5. The lowest BCUT2D eigenvalue weighted by molar-refractivity contribution is -0.139. The lowest BCUT2D eigenvalue weighted by atomic mass is 9.95. The number of H-pyrrole nitrogens is 1. The number of nitrogens with zero attached hydrogens (tertiary/aromatic N) is 2. The fourth-order valence-corrected chi connectivity index (χ4v) is 6.27. The van der Waals surface area contributed by atoms with E-state index in [2.05, 4.69) is 20.2 Å². The molecule has 1 fully saturated rings. The third-order valence-electron chi connectivity index (χ3n) is 8.62. The molecule has 6 aromatic rings. The quantitative estimate of drug-likeness (QED) is 0.145. The van der Waals surface area contributed by atoms with Crippen molar-refractivity contribution >= 4 is 45.2 Å². The first kappa shape index (κ1) is 28.1. The lowest BCUT2D eigenvalue weighted by Gasteiger charge is -2.25. The number of aromatic hydroxyl groups is 1. The SMILES string of the molecule is O=C(NC(Cc1c[nH]c2ccc(Nc3c(O)c(=O)c3=O)cc12)C(=O)O)c1ccc2c(c1)nc(-c1ccoc1)n2C1CCCCC1. The molecule has 5 N–H and O–H groups in total. The van der Waals surface area contributed by atoms with Crippen LogP contribution in [0, 0.1) is 0 Å². The highest BCUT2D eigenvalue weighted by atomic mass is 16.4. The van der Waals surface area contributed by atoms with Gasteiger partial charge in [0, 0.05) is 40.8 Å². The maximum Gasteiger partial charge on any atom is 0.326 e. The molecular weight excluding hydrogens is 578 g/mol. The smallest absolute Gasteiger partial charge is 0.326 e. The van der Waals surface area contributed by atoms with E-state index < -0.39 is 34.5 Å². The standard InChI is InChI=1S/C33H29N5O7/c39-28-27(29(40)30(28)41)35-20-7-8-23-22(14-20)19(15-34-23)13-25(33(43)44)37-32(42)17-6-9-26-24(12-17)36-31(18-10-11-45-16-18)38(26)21-4-2-1-3-5-21/h6-12,14-16,21,25,34-35,39H,1-5,13H2,(H,37,42)(H,43,44). The van der Waals surface area contributed by atoms with Crippen LogP contribution in [0.4, 0.5) is 11.4 Å². The number of aromatic nitrogens is 3. The number of carboxylic acids is 1. The summed E-state index contributed by atoms with van der Waals surface area (Å²) in [5, 5.41) is 25.8. The van der Waals surface area contributed by atoms with Crippen molar-refractivity contribution in [3.63, 3.8) is 0 Å². The summed E-state index contributed by atoms with van der Waals surface area (Å²) in [6.45, 7) is 0. The van der Waals surface area contributed by atoms with E-state index in [9.17, 15) is 29.4 Å². The lowest BCUT2D eigenvalue weighted by Crippen LogP contribution is -2.42. The Bertz CT molecular complexity index is 2140. The average molecular weight is 608 g/mol. The molecule has 12 nitrogen and oxygen atoms in total. The first-order valence-electron chi connectivity index (χ1n) is 14.8. The van der Waals surface area contributed by atoms with Gasteiger partial charge in [-0.1, -0.05) is 19.3 Å². The minimum absolute atomic E-state index is 0.0287. The molecule has 1 amide bonds. The van der Waals surface area contributed by atoms with Crippen LogP contribution in [0.15, 0.2) is 75.2 Å². The number of imidazole rings is 1. The molecule has 0 aliphatic heterocycles. The van der Waals surface area contributed by atoms with Gasteiger partial charge in [-0.05, 0) is 60.9 Å². The number of amides is 1. The largest absolute Gasteiger partial charge is 0.502 e. The maximum absolute atomic E-state index is 13.4. The number of anilines is 2. The zero-order valence-corrected chi connectivity index (χ0v) is 24.0. The van der Waals surface area contributed by atoms with Crippen LogP contribution in [0.25, 0.3) is 33.3 Å². The van der Waals surface area contributed by atoms with E-state index in [1.807, 2.05) is 12.1 Å². The molecule has 3 aromatic carbocycles. The van der Waals surface area contributed by atoms with E-state index in [-0.39, 0.29) is 18.2 Å². The van der Waals surface area contributed by atoms with Crippen LogP contribution in [-0.4, -0.2) is 42.7 Å². The highest BCUT2D eigenvalue weighted by molar-refractivity contribution is 6.00. The number of hydrogen-bond acceptors (Lipinski definition) is 8. The van der Waals surface area contributed by atoms with Gasteiger partial charge in [0.25, 0.3) is 16.8 Å². The topological polar surface area (TPSA) is 180 Å². The normalized spacial score (nSPS) is 14.7. The summed E-state index contributed by atoms with van der Waals surface area (Å²) in [4.78, 5) is 56.8. The predicted octanol–water partition coefficient (Wildman–Crippen LogP) is 4.75. The number of carboxylic acid groups (broad SMARTS) is 1. The van der Waals surface area contributed by atoms with Crippen molar-refractivity contribution in [3.05, 3.63) is 92.8 Å². The molecule has 7 rings (SSSR count). The van der Waals surface area contributed by atoms with Crippen molar-refractivity contribution < 1.29 is 24.2 Å². The highest BCUT2D eigenvalue weighted by Gasteiger charge is 2.26. The summed E-state index contributed by atoms with van der Waals surface area (Å²) in [7, 11) is 0. The molecule has 1 aliphatic carbocycles. The van der Waals surface area contributed by atoms with Gasteiger partial charge in [0.15, 0.2) is 5.75 Å². The molecule has 0 radical (unpaired) electrons. The molecule has 1 atom stereocenters. The molecule has 0 saturated heterocycles. The third-order valence-corrected chi connectivity index (χ3v) is 8.62. The number of rotatable bonds is 9. The predicted molar refractivity (Wildman–Crippen MR) is 167 cm³/mol. The summed E-state index contributed by atoms with van der Waals surface area (Å²) < 4.78 is 7.57. The Kier molecular flexibility index (Phi) is 6.96. The van der Waals surface area contributed by atoms with E-state index in [1.165, 1.54) is 6.42 Å². The zero-order chi connectivity index (χ0) is 31.2. The minimum atomic E-state index is -1.25. The molecule has 12 heteroatoms. The van der Waals surface area contributed by atoms with Crippen LogP contribution in [0.1, 0.15) is 54.1 Å². The zero-order valence-electron chi connectivity index (χ0n) is 24.0. The van der Waals surface area contributed by atoms with Crippen LogP contribution in [0.5, 0.6) is 5.75 Å². The fraction of sp³-hybridized carbons (Fsp3) is 0.242. The van der Waals surface area contributed by atoms with Crippen molar-refractivity contribution in [2.24, 2.45) is 0 Å². The van der Waals surface area contributed by atoms with Crippen LogP contribution in [-0.2, 0) is 11.2 Å². The number of hydrogen-bond donors (Lipinski definition) is 5. The van der Waals surface area contributed by atoms with Crippen molar-refractivity contribution in [2.45, 2.75) is 50.6 Å². The summed E-state index contributed by atoms with van der Waals surface area (Å²) in [6.07, 6.45) is 10.5. The first-order chi connectivity index (χ1) is 21.8. The Morgan fingerprint density at radius 3 is 2.62 bits per heavy atom. The molecular formula is C33H29N5O7. The maximum atomic E-state index is 13.4. The van der Waals surface area contributed by atoms with Crippen LogP contribution >= 0.6 is 0 Å². The van der Waals surface area contributed by atoms with Gasteiger partial charge in [-0.25, -0.2) is 9.78 Å². The minimum Gasteiger partial charge on any atom is -0.502 e. The Balaban J connectivity index is 1.14. The van der Waals surface area contributed by atoms with E-state index in [1.54, 1.807) is 49.1 Å². The van der Waals surface area contributed by atoms with Gasteiger partial charge in [0.1, 0.15) is 23.8 Å². The molecule has 3 heterocycles. The van der Waals surface area contributed by atoms with Crippen LogP contribution in [0.2, 0.25) is 0 Å². The summed E-state index contributed by atoms with van der Waals surface area (Å²) >= 11 is 0. The first-order valence-corrected chi connectivity index (χ1v) is 14.8. The molecule has 1 aliphatic rings. The number of carbonyl (C=O) groups excluding carboxylic acids is 1. The second-order valence-corrected chi connectivity index (χ2v) is 11.5. The Morgan fingerprint density at radius 2 is 1.89 bits per heavy atom. The van der Waals surface area contributed by atoms with Crippen LogP contribution < -0.4 is 21.5 Å². The van der Waals surface area contributed by atoms with Crippen molar-refractivity contribution in [3.8, 4) is 17.1 Å². The van der Waals surface area contributed by atoms with Gasteiger partial charge in [-0.3, -0.25) is 14.4 Å². The number of nitrogens with one attached hydrogen (secondary N) is 3. The summed E-state index contributed by atoms with van der Waals surface area (Å²) in [5.41, 5.74) is 2.48. The third kappa shape index (κ3) is 5.03. The molecule has 1 unspecified atom stereocenters. The summed E-state index contributed by atoms with van der Waals surface area (Å²) in [6, 6.07) is 11.2. The van der Waals surface area contributed by atoms with Gasteiger partial charge in [0.2, 0.25) is 0 Å². The summed E-state index contributed by atoms with van der Waals surface area (Å²) in [5.74, 6) is -1.59. The van der Waals surface area contributed by atoms with E-state index in [0.717, 1.165) is 42.6 Å². The average Bonchev–Trinajstić information content (AvgIpc) is 3.81. The number of aliphatic carboxylic acids is 1. The van der Waals surface area contributed by atoms with Gasteiger partial charge >= 0.3 is 5.97 Å². The van der Waals surface area contributed by atoms with Crippen molar-refractivity contribution in [1.29, 1.82) is 0 Å².